The molecule has 1 heterocycles. The first kappa shape index (κ1) is 22.7. The van der Waals surface area contributed by atoms with E-state index in [-0.39, 0.29) is 29.5 Å². The van der Waals surface area contributed by atoms with Crippen LogP contribution in [0.4, 0.5) is 17.1 Å². The highest BCUT2D eigenvalue weighted by Crippen LogP contribution is 2.34. The van der Waals surface area contributed by atoms with E-state index in [1.807, 2.05) is 0 Å². The lowest BCUT2D eigenvalue weighted by Crippen LogP contribution is -2.31. The fraction of sp³-hybridized carbons (Fsp3) is 0.0870. The summed E-state index contributed by atoms with van der Waals surface area (Å²) in [6, 6.07) is 19.3. The molecule has 1 aliphatic heterocycles. The molecular weight excluding hydrogens is 510 g/mol. The number of nitro groups is 1. The Morgan fingerprint density at radius 3 is 2.42 bits per heavy atom. The van der Waals surface area contributed by atoms with Gasteiger partial charge in [0.2, 0.25) is 11.8 Å². The number of imide groups is 1. The minimum Gasteiger partial charge on any atom is -0.322 e. The van der Waals surface area contributed by atoms with Crippen LogP contribution >= 0.6 is 27.7 Å². The van der Waals surface area contributed by atoms with Crippen molar-refractivity contribution in [2.24, 2.45) is 0 Å². The third kappa shape index (κ3) is 5.12. The Balaban J connectivity index is 1.40. The predicted octanol–water partition coefficient (Wildman–Crippen LogP) is 5.03. The Morgan fingerprint density at radius 1 is 1.06 bits per heavy atom. The molecule has 3 aromatic rings. The number of anilines is 2. The van der Waals surface area contributed by atoms with Crippen LogP contribution in [0.25, 0.3) is 0 Å². The van der Waals surface area contributed by atoms with Crippen molar-refractivity contribution in [1.82, 2.24) is 0 Å². The lowest BCUT2D eigenvalue weighted by molar-refractivity contribution is -0.384. The van der Waals surface area contributed by atoms with E-state index >= 15 is 0 Å². The molecule has 33 heavy (non-hydrogen) atoms. The number of carbonyl (C=O) groups excluding carboxylic acids is 3. The molecule has 1 aliphatic rings. The van der Waals surface area contributed by atoms with Crippen molar-refractivity contribution in [3.05, 3.63) is 92.9 Å². The second-order valence-corrected chi connectivity index (χ2v) is 9.33. The number of nitrogens with one attached hydrogen (secondary N) is 1. The van der Waals surface area contributed by atoms with Crippen LogP contribution in [0.1, 0.15) is 16.8 Å². The highest BCUT2D eigenvalue weighted by atomic mass is 79.9. The Kier molecular flexibility index (Phi) is 6.57. The van der Waals surface area contributed by atoms with Gasteiger partial charge in [-0.3, -0.25) is 24.5 Å². The SMILES string of the molecule is O=C(Nc1ccc(SC2CC(=O)N(c3ccc(Br)cc3)C2=O)cc1)c1cccc([N+](=O)[O-])c1. The number of nitro benzene ring substituents is 1. The summed E-state index contributed by atoms with van der Waals surface area (Å²) in [5.74, 6) is -0.989. The maximum atomic E-state index is 12.8. The zero-order valence-electron chi connectivity index (χ0n) is 16.9. The first-order valence-electron chi connectivity index (χ1n) is 9.77. The van der Waals surface area contributed by atoms with Gasteiger partial charge in [0, 0.05) is 39.2 Å². The molecule has 3 aromatic carbocycles. The van der Waals surface area contributed by atoms with Crippen LogP contribution in [0.2, 0.25) is 0 Å². The standard InChI is InChI=1S/C23H16BrN3O5S/c24-15-4-8-17(9-5-15)26-21(28)13-20(23(26)30)33-19-10-6-16(7-11-19)25-22(29)14-2-1-3-18(12-14)27(31)32/h1-12,20H,13H2,(H,25,29). The molecule has 10 heteroatoms. The number of hydrogen-bond donors (Lipinski definition) is 1. The highest BCUT2D eigenvalue weighted by molar-refractivity contribution is 9.10. The number of halogens is 1. The molecule has 8 nitrogen and oxygen atoms in total. The molecule has 3 amide bonds. The minimum absolute atomic E-state index is 0.102. The van der Waals surface area contributed by atoms with E-state index in [9.17, 15) is 24.5 Å². The van der Waals surface area contributed by atoms with Crippen molar-refractivity contribution in [2.75, 3.05) is 10.2 Å². The van der Waals surface area contributed by atoms with Gasteiger partial charge in [0.1, 0.15) is 0 Å². The van der Waals surface area contributed by atoms with Crippen LogP contribution in [-0.2, 0) is 9.59 Å². The molecule has 0 bridgehead atoms. The third-order valence-electron chi connectivity index (χ3n) is 4.90. The van der Waals surface area contributed by atoms with Crippen molar-refractivity contribution in [3.8, 4) is 0 Å². The van der Waals surface area contributed by atoms with Crippen LogP contribution in [0.3, 0.4) is 0 Å². The van der Waals surface area contributed by atoms with E-state index < -0.39 is 16.1 Å². The maximum Gasteiger partial charge on any atom is 0.270 e. The van der Waals surface area contributed by atoms with Gasteiger partial charge in [-0.2, -0.15) is 0 Å². The fourth-order valence-electron chi connectivity index (χ4n) is 3.30. The summed E-state index contributed by atoms with van der Waals surface area (Å²) in [4.78, 5) is 50.0. The first-order valence-corrected chi connectivity index (χ1v) is 11.4. The van der Waals surface area contributed by atoms with Gasteiger partial charge in [-0.05, 0) is 54.6 Å². The van der Waals surface area contributed by atoms with Crippen molar-refractivity contribution in [2.45, 2.75) is 16.6 Å². The van der Waals surface area contributed by atoms with E-state index in [1.54, 1.807) is 48.5 Å². The number of thioether (sulfide) groups is 1. The molecule has 4 rings (SSSR count). The third-order valence-corrected chi connectivity index (χ3v) is 6.63. The number of non-ortho nitro benzene ring substituents is 1. The summed E-state index contributed by atoms with van der Waals surface area (Å²) in [6.07, 6.45) is 0.102. The van der Waals surface area contributed by atoms with Gasteiger partial charge in [-0.1, -0.05) is 22.0 Å². The number of amides is 3. The molecule has 0 saturated carbocycles. The van der Waals surface area contributed by atoms with Crippen molar-refractivity contribution >= 4 is 62.5 Å². The van der Waals surface area contributed by atoms with E-state index in [0.29, 0.717) is 11.4 Å². The lowest BCUT2D eigenvalue weighted by atomic mass is 10.2. The Labute approximate surface area is 201 Å². The fourth-order valence-corrected chi connectivity index (χ4v) is 4.62. The second kappa shape index (κ2) is 9.55. The van der Waals surface area contributed by atoms with Gasteiger partial charge in [0.25, 0.3) is 11.6 Å². The number of carbonyl (C=O) groups is 3. The molecule has 0 aromatic heterocycles. The molecule has 0 spiro atoms. The van der Waals surface area contributed by atoms with Gasteiger partial charge < -0.3 is 5.32 Å². The summed E-state index contributed by atoms with van der Waals surface area (Å²) >= 11 is 4.62. The Bertz CT molecular complexity index is 1250. The van der Waals surface area contributed by atoms with Crippen LogP contribution in [0, 0.1) is 10.1 Å². The zero-order valence-corrected chi connectivity index (χ0v) is 19.3. The van der Waals surface area contributed by atoms with Gasteiger partial charge in [-0.25, -0.2) is 4.90 Å². The summed E-state index contributed by atoms with van der Waals surface area (Å²) in [7, 11) is 0. The molecule has 0 aliphatic carbocycles. The molecule has 0 radical (unpaired) electrons. The molecule has 1 unspecified atom stereocenters. The molecule has 1 N–H and O–H groups in total. The predicted molar refractivity (Wildman–Crippen MR) is 128 cm³/mol. The van der Waals surface area contributed by atoms with E-state index in [0.717, 1.165) is 9.37 Å². The van der Waals surface area contributed by atoms with Crippen LogP contribution in [-0.4, -0.2) is 27.9 Å². The maximum absolute atomic E-state index is 12.8. The average molecular weight is 526 g/mol. The summed E-state index contributed by atoms with van der Waals surface area (Å²) in [6.45, 7) is 0. The minimum atomic E-state index is -0.560. The van der Waals surface area contributed by atoms with Gasteiger partial charge in [-0.15, -0.1) is 11.8 Å². The van der Waals surface area contributed by atoms with E-state index in [2.05, 4.69) is 21.2 Å². The quantitative estimate of drug-likeness (QED) is 0.274. The normalized spacial score (nSPS) is 15.5. The topological polar surface area (TPSA) is 110 Å². The highest BCUT2D eigenvalue weighted by Gasteiger charge is 2.40. The average Bonchev–Trinajstić information content (AvgIpc) is 3.08. The first-order chi connectivity index (χ1) is 15.8. The molecule has 166 valence electrons. The van der Waals surface area contributed by atoms with Gasteiger partial charge in [0.15, 0.2) is 0 Å². The van der Waals surface area contributed by atoms with Crippen LogP contribution in [0.5, 0.6) is 0 Å². The van der Waals surface area contributed by atoms with E-state index in [1.165, 1.54) is 40.9 Å². The Hall–Kier alpha value is -3.50. The summed E-state index contributed by atoms with van der Waals surface area (Å²) in [5, 5.41) is 13.0. The smallest absolute Gasteiger partial charge is 0.270 e. The number of rotatable bonds is 6. The zero-order chi connectivity index (χ0) is 23.5. The largest absolute Gasteiger partial charge is 0.322 e. The van der Waals surface area contributed by atoms with Gasteiger partial charge >= 0.3 is 0 Å². The van der Waals surface area contributed by atoms with Crippen LogP contribution in [0.15, 0.2) is 82.2 Å². The number of hydrogen-bond acceptors (Lipinski definition) is 6. The van der Waals surface area contributed by atoms with Crippen LogP contribution < -0.4 is 10.2 Å². The number of nitrogens with zero attached hydrogens (tertiary/aromatic N) is 2. The summed E-state index contributed by atoms with van der Waals surface area (Å²) < 4.78 is 0.855. The number of benzene rings is 3. The van der Waals surface area contributed by atoms with Crippen molar-refractivity contribution < 1.29 is 19.3 Å². The van der Waals surface area contributed by atoms with E-state index in [4.69, 9.17) is 0 Å². The van der Waals surface area contributed by atoms with Crippen molar-refractivity contribution in [3.63, 3.8) is 0 Å². The monoisotopic (exact) mass is 525 g/mol. The second-order valence-electron chi connectivity index (χ2n) is 7.14. The summed E-state index contributed by atoms with van der Waals surface area (Å²) in [5.41, 5.74) is 1.05. The molecule has 1 fully saturated rings. The molecule has 1 atom stereocenters. The van der Waals surface area contributed by atoms with Crippen molar-refractivity contribution in [1.29, 1.82) is 0 Å². The molecule has 1 saturated heterocycles. The van der Waals surface area contributed by atoms with Gasteiger partial charge in [0.05, 0.1) is 15.9 Å². The molecular formula is C23H16BrN3O5S. The Morgan fingerprint density at radius 2 is 1.76 bits per heavy atom. The lowest BCUT2D eigenvalue weighted by Gasteiger charge is -2.15.